The largest absolute Gasteiger partial charge is 0.251 e. The Balaban J connectivity index is 0.000000156. The minimum Gasteiger partial charge on any atom is -0.251 e. The summed E-state index contributed by atoms with van der Waals surface area (Å²) in [5.74, 6) is 1.68. The summed E-state index contributed by atoms with van der Waals surface area (Å²) < 4.78 is 0. The zero-order chi connectivity index (χ0) is 71.6. The Morgan fingerprint density at radius 1 is 0.198 bits per heavy atom. The van der Waals surface area contributed by atoms with E-state index in [1.807, 2.05) is 62.4 Å². The molecular formula is C98H72N8. The van der Waals surface area contributed by atoms with Crippen LogP contribution >= 0.6 is 0 Å². The molecule has 0 fully saturated rings. The van der Waals surface area contributed by atoms with Crippen molar-refractivity contribution in [2.45, 2.75) is 40.5 Å². The van der Waals surface area contributed by atoms with Gasteiger partial charge in [0.2, 0.25) is 0 Å². The second-order valence-electron chi connectivity index (χ2n) is 27.4. The maximum absolute atomic E-state index is 5.14. The fourth-order valence-electron chi connectivity index (χ4n) is 14.1. The van der Waals surface area contributed by atoms with Gasteiger partial charge in [0, 0.05) is 77.7 Å². The summed E-state index contributed by atoms with van der Waals surface area (Å²) in [4.78, 5) is 40.1. The van der Waals surface area contributed by atoms with E-state index in [2.05, 4.69) is 312 Å². The molecule has 0 saturated carbocycles. The smallest absolute Gasteiger partial charge is 0.160 e. The highest BCUT2D eigenvalue weighted by Crippen LogP contribution is 2.40. The molecule has 6 heterocycles. The molecule has 6 aromatic heterocycles. The first-order valence-electron chi connectivity index (χ1n) is 36.0. The van der Waals surface area contributed by atoms with Gasteiger partial charge in [-0.15, -0.1) is 0 Å². The van der Waals surface area contributed by atoms with Crippen LogP contribution in [-0.2, 0) is 0 Å². The molecule has 18 rings (SSSR count). The van der Waals surface area contributed by atoms with Crippen LogP contribution in [0.5, 0.6) is 0 Å². The Morgan fingerprint density at radius 3 is 0.906 bits per heavy atom. The van der Waals surface area contributed by atoms with Crippen molar-refractivity contribution in [3.8, 4) is 135 Å². The normalized spacial score (nSPS) is 11.3. The van der Waals surface area contributed by atoms with Crippen LogP contribution in [0.4, 0.5) is 0 Å². The second-order valence-corrected chi connectivity index (χ2v) is 27.4. The summed E-state index contributed by atoms with van der Waals surface area (Å²) in [6, 6.07) is 119. The highest BCUT2D eigenvalue weighted by Gasteiger charge is 2.19. The molecular weight excluding hydrogens is 1290 g/mol. The van der Waals surface area contributed by atoms with E-state index in [4.69, 9.17) is 39.9 Å². The first-order valence-corrected chi connectivity index (χ1v) is 36.0. The lowest BCUT2D eigenvalue weighted by atomic mass is 9.93. The Kier molecular flexibility index (Phi) is 17.8. The highest BCUT2D eigenvalue weighted by molar-refractivity contribution is 6.10. The molecule has 12 aromatic carbocycles. The van der Waals surface area contributed by atoms with Crippen molar-refractivity contribution in [1.82, 2.24) is 39.9 Å². The number of hydrogen-bond acceptors (Lipinski definition) is 8. The SMILES string of the molecule is Cc1ccc2ccc3c(-c4cccc(-c5ccc(-c6cc(-c7ccc(-c8ccccc8)cc7)nc(-c7ccccc7)n6)cc5)c4)cc(C(C)C)nc3c2n1.Cc1ccc2ccc3c(-c4cccc(-c5ccc(-c6cc(-c7ccccc7)nc(-c7ccc(-c8ccccc8)cc7)n6)cc5)c4)cc(C)nc3c2n1. The van der Waals surface area contributed by atoms with Crippen molar-refractivity contribution < 1.29 is 0 Å². The standard InChI is InChI=1S/C50H38N4.C48H34N4/c1-32(2)45-30-44(43-28-27-39-18-17-33(3)51-48(39)49(43)52-45)42-16-10-15-41(29-42)36-21-25-38(26-22-36)47-31-46(53-50(54-47)40-13-8-5-9-14-40)37-23-19-35(20-24-37)34-11-6-4-7-12-34;1-31-16-17-38-26-27-42-43(28-32(2)50-47(42)46(38)49-31)41-15-9-14-40(29-41)35-18-22-37(23-19-35)45-30-44(36-12-7-4-8-13-36)51-48(52-45)39-24-20-34(21-25-39)33-10-5-3-6-11-33/h4-32H,1-3H3;3-30H,1-2H3. The van der Waals surface area contributed by atoms with Gasteiger partial charge >= 0.3 is 0 Å². The van der Waals surface area contributed by atoms with E-state index in [1.165, 1.54) is 22.3 Å². The van der Waals surface area contributed by atoms with Gasteiger partial charge in [-0.05, 0) is 142 Å². The van der Waals surface area contributed by atoms with E-state index >= 15 is 0 Å². The lowest BCUT2D eigenvalue weighted by Gasteiger charge is -2.15. The van der Waals surface area contributed by atoms with Gasteiger partial charge in [-0.1, -0.05) is 305 Å². The van der Waals surface area contributed by atoms with Crippen LogP contribution in [0, 0.1) is 20.8 Å². The van der Waals surface area contributed by atoms with Gasteiger partial charge in [0.25, 0.3) is 0 Å². The average Bonchev–Trinajstić information content (AvgIpc) is 0.762. The third kappa shape index (κ3) is 13.6. The number of hydrogen-bond donors (Lipinski definition) is 0. The van der Waals surface area contributed by atoms with Crippen molar-refractivity contribution in [2.24, 2.45) is 0 Å². The number of aromatic nitrogens is 8. The first-order chi connectivity index (χ1) is 52.0. The van der Waals surface area contributed by atoms with E-state index in [0.29, 0.717) is 11.6 Å². The van der Waals surface area contributed by atoms with E-state index in [0.717, 1.165) is 167 Å². The van der Waals surface area contributed by atoms with Gasteiger partial charge in [0.05, 0.1) is 44.8 Å². The monoisotopic (exact) mass is 1360 g/mol. The van der Waals surface area contributed by atoms with Crippen molar-refractivity contribution in [2.75, 3.05) is 0 Å². The highest BCUT2D eigenvalue weighted by atomic mass is 14.9. The van der Waals surface area contributed by atoms with Crippen molar-refractivity contribution in [3.63, 3.8) is 0 Å². The first kappa shape index (κ1) is 65.7. The number of pyridine rings is 4. The van der Waals surface area contributed by atoms with E-state index in [1.54, 1.807) is 0 Å². The van der Waals surface area contributed by atoms with Crippen LogP contribution in [-0.4, -0.2) is 39.9 Å². The fourth-order valence-corrected chi connectivity index (χ4v) is 14.1. The molecule has 18 aromatic rings. The molecule has 8 nitrogen and oxygen atoms in total. The van der Waals surface area contributed by atoms with Gasteiger partial charge in [0.15, 0.2) is 11.6 Å². The summed E-state index contributed by atoms with van der Waals surface area (Å²) >= 11 is 0. The summed E-state index contributed by atoms with van der Waals surface area (Å²) in [6.45, 7) is 10.5. The molecule has 0 bridgehead atoms. The summed E-state index contributed by atoms with van der Waals surface area (Å²) in [5, 5.41) is 4.42. The van der Waals surface area contributed by atoms with E-state index < -0.39 is 0 Å². The average molecular weight is 1360 g/mol. The Bertz CT molecular complexity index is 6270. The molecule has 0 radical (unpaired) electrons. The molecule has 0 unspecified atom stereocenters. The summed E-state index contributed by atoms with van der Waals surface area (Å²) in [5.41, 5.74) is 31.4. The Labute approximate surface area is 617 Å². The van der Waals surface area contributed by atoms with Gasteiger partial charge in [-0.3, -0.25) is 19.9 Å². The molecule has 8 heteroatoms. The van der Waals surface area contributed by atoms with Crippen LogP contribution in [0.25, 0.3) is 178 Å². The van der Waals surface area contributed by atoms with Crippen LogP contribution in [0.2, 0.25) is 0 Å². The molecule has 0 aliphatic rings. The van der Waals surface area contributed by atoms with E-state index in [9.17, 15) is 0 Å². The topological polar surface area (TPSA) is 103 Å². The maximum atomic E-state index is 5.14. The quantitative estimate of drug-likeness (QED) is 0.105. The van der Waals surface area contributed by atoms with Crippen LogP contribution in [0.1, 0.15) is 42.5 Å². The number of fused-ring (bicyclic) bond motifs is 6. The minimum atomic E-state index is 0.280. The zero-order valence-corrected chi connectivity index (χ0v) is 59.5. The molecule has 0 N–H and O–H groups in total. The molecule has 0 amide bonds. The predicted octanol–water partition coefficient (Wildman–Crippen LogP) is 25.2. The lowest BCUT2D eigenvalue weighted by Crippen LogP contribution is -1.97. The van der Waals surface area contributed by atoms with Gasteiger partial charge < -0.3 is 0 Å². The molecule has 0 atom stereocenters. The molecule has 0 spiro atoms. The molecule has 106 heavy (non-hydrogen) atoms. The van der Waals surface area contributed by atoms with Crippen LogP contribution < -0.4 is 0 Å². The molecule has 0 aliphatic carbocycles. The second kappa shape index (κ2) is 28.7. The Morgan fingerprint density at radius 2 is 0.491 bits per heavy atom. The predicted molar refractivity (Wildman–Crippen MR) is 439 cm³/mol. The van der Waals surface area contributed by atoms with Gasteiger partial charge in [-0.2, -0.15) is 0 Å². The third-order valence-corrected chi connectivity index (χ3v) is 19.8. The molecule has 0 aliphatic heterocycles. The lowest BCUT2D eigenvalue weighted by molar-refractivity contribution is 0.831. The van der Waals surface area contributed by atoms with E-state index in [-0.39, 0.29) is 5.92 Å². The van der Waals surface area contributed by atoms with Gasteiger partial charge in [0.1, 0.15) is 0 Å². The number of rotatable bonds is 13. The number of nitrogens with zero attached hydrogens (tertiary/aromatic N) is 8. The van der Waals surface area contributed by atoms with Crippen molar-refractivity contribution in [3.05, 3.63) is 362 Å². The zero-order valence-electron chi connectivity index (χ0n) is 59.5. The molecule has 0 saturated heterocycles. The molecule has 504 valence electrons. The third-order valence-electron chi connectivity index (χ3n) is 19.8. The maximum Gasteiger partial charge on any atom is 0.160 e. The number of aryl methyl sites for hydroxylation is 3. The van der Waals surface area contributed by atoms with Crippen LogP contribution in [0.3, 0.4) is 0 Å². The summed E-state index contributed by atoms with van der Waals surface area (Å²) in [6.07, 6.45) is 0. The van der Waals surface area contributed by atoms with Crippen LogP contribution in [0.15, 0.2) is 340 Å². The summed E-state index contributed by atoms with van der Waals surface area (Å²) in [7, 11) is 0. The minimum absolute atomic E-state index is 0.280. The Hall–Kier alpha value is -13.6. The van der Waals surface area contributed by atoms with Crippen molar-refractivity contribution in [1.29, 1.82) is 0 Å². The van der Waals surface area contributed by atoms with Crippen molar-refractivity contribution >= 4 is 43.6 Å². The van der Waals surface area contributed by atoms with Gasteiger partial charge in [-0.25, -0.2) is 19.9 Å². The number of benzene rings is 12. The fraction of sp³-hybridized carbons (Fsp3) is 0.0612.